The minimum atomic E-state index is -1.08. The molecule has 0 fully saturated rings. The normalized spacial score (nSPS) is 9.43. The first kappa shape index (κ1) is 10.0. The molecule has 0 aromatic carbocycles. The molecule has 0 saturated carbocycles. The molecule has 14 heavy (non-hydrogen) atoms. The Morgan fingerprint density at radius 2 is 2.29 bits per heavy atom. The lowest BCUT2D eigenvalue weighted by atomic mass is 10.4. The number of amides is 2. The van der Waals surface area contributed by atoms with Gasteiger partial charge in [0.05, 0.1) is 6.20 Å². The Kier molecular flexibility index (Phi) is 3.48. The molecule has 7 nitrogen and oxygen atoms in total. The number of carboxylic acid groups (broad SMARTS) is 1. The van der Waals surface area contributed by atoms with Gasteiger partial charge in [0.15, 0.2) is 0 Å². The first-order valence-corrected chi connectivity index (χ1v) is 3.89. The van der Waals surface area contributed by atoms with Crippen molar-refractivity contribution >= 4 is 12.0 Å². The van der Waals surface area contributed by atoms with Crippen LogP contribution in [0.2, 0.25) is 0 Å². The van der Waals surface area contributed by atoms with Crippen LogP contribution in [-0.4, -0.2) is 33.8 Å². The van der Waals surface area contributed by atoms with Crippen LogP contribution in [0, 0.1) is 0 Å². The number of aromatic amines is 1. The molecule has 7 heteroatoms. The van der Waals surface area contributed by atoms with Gasteiger partial charge in [0.1, 0.15) is 6.54 Å². The van der Waals surface area contributed by atoms with Crippen molar-refractivity contribution in [1.82, 2.24) is 20.8 Å². The number of aromatic nitrogens is 2. The molecule has 1 aromatic rings. The molecule has 1 aromatic heterocycles. The lowest BCUT2D eigenvalue weighted by molar-refractivity contribution is -0.135. The standard InChI is InChI=1S/C7H10N4O3/c12-6(13)4-9-7(14)8-1-5-2-10-11-3-5/h2-3H,1,4H2,(H,10,11)(H,12,13)(H2,8,9,14). The fourth-order valence-electron chi connectivity index (χ4n) is 0.775. The number of carboxylic acids is 1. The van der Waals surface area contributed by atoms with Crippen molar-refractivity contribution in [3.63, 3.8) is 0 Å². The molecule has 1 rings (SSSR count). The molecule has 4 N–H and O–H groups in total. The van der Waals surface area contributed by atoms with E-state index in [0.717, 1.165) is 5.56 Å². The molecule has 0 unspecified atom stereocenters. The topological polar surface area (TPSA) is 107 Å². The monoisotopic (exact) mass is 198 g/mol. The number of H-pyrrole nitrogens is 1. The Balaban J connectivity index is 2.18. The van der Waals surface area contributed by atoms with Crippen LogP contribution in [0.15, 0.2) is 12.4 Å². The van der Waals surface area contributed by atoms with E-state index in [0.29, 0.717) is 6.54 Å². The van der Waals surface area contributed by atoms with Crippen LogP contribution in [0.3, 0.4) is 0 Å². The molecular formula is C7H10N4O3. The highest BCUT2D eigenvalue weighted by Crippen LogP contribution is 1.90. The van der Waals surface area contributed by atoms with Crippen LogP contribution >= 0.6 is 0 Å². The molecule has 0 aliphatic carbocycles. The number of aliphatic carboxylic acids is 1. The maximum atomic E-state index is 10.9. The Morgan fingerprint density at radius 3 is 2.86 bits per heavy atom. The van der Waals surface area contributed by atoms with E-state index in [4.69, 9.17) is 5.11 Å². The fourth-order valence-corrected chi connectivity index (χ4v) is 0.775. The van der Waals surface area contributed by atoms with Crippen molar-refractivity contribution in [1.29, 1.82) is 0 Å². The van der Waals surface area contributed by atoms with Gasteiger partial charge < -0.3 is 15.7 Å². The molecular weight excluding hydrogens is 188 g/mol. The highest BCUT2D eigenvalue weighted by molar-refractivity contribution is 5.79. The molecule has 0 aliphatic heterocycles. The zero-order valence-corrected chi connectivity index (χ0v) is 7.28. The molecule has 2 amide bonds. The number of hydrogen-bond acceptors (Lipinski definition) is 3. The van der Waals surface area contributed by atoms with Crippen LogP contribution < -0.4 is 10.6 Å². The number of urea groups is 1. The van der Waals surface area contributed by atoms with Gasteiger partial charge in [0, 0.05) is 18.3 Å². The van der Waals surface area contributed by atoms with Crippen molar-refractivity contribution in [3.8, 4) is 0 Å². The fraction of sp³-hybridized carbons (Fsp3) is 0.286. The van der Waals surface area contributed by atoms with Gasteiger partial charge in [-0.2, -0.15) is 5.10 Å². The predicted molar refractivity (Wildman–Crippen MR) is 46.5 cm³/mol. The largest absolute Gasteiger partial charge is 0.480 e. The summed E-state index contributed by atoms with van der Waals surface area (Å²) in [5.41, 5.74) is 0.815. The summed E-state index contributed by atoms with van der Waals surface area (Å²) in [4.78, 5) is 21.0. The maximum absolute atomic E-state index is 10.9. The quantitative estimate of drug-likeness (QED) is 0.512. The van der Waals surface area contributed by atoms with E-state index in [-0.39, 0.29) is 0 Å². The van der Waals surface area contributed by atoms with E-state index < -0.39 is 18.5 Å². The summed E-state index contributed by atoms with van der Waals surface area (Å²) in [6.45, 7) is -0.0842. The molecule has 76 valence electrons. The Morgan fingerprint density at radius 1 is 1.50 bits per heavy atom. The smallest absolute Gasteiger partial charge is 0.323 e. The Hall–Kier alpha value is -2.05. The average molecular weight is 198 g/mol. The van der Waals surface area contributed by atoms with Gasteiger partial charge in [-0.15, -0.1) is 0 Å². The number of nitrogens with zero attached hydrogens (tertiary/aromatic N) is 1. The van der Waals surface area contributed by atoms with Crippen molar-refractivity contribution < 1.29 is 14.7 Å². The third-order valence-electron chi connectivity index (χ3n) is 1.41. The number of carbonyl (C=O) groups is 2. The minimum absolute atomic E-state index is 0.307. The van der Waals surface area contributed by atoms with Gasteiger partial charge in [-0.1, -0.05) is 0 Å². The lowest BCUT2D eigenvalue weighted by Gasteiger charge is -2.03. The molecule has 0 aliphatic rings. The van der Waals surface area contributed by atoms with Crippen LogP contribution in [0.25, 0.3) is 0 Å². The van der Waals surface area contributed by atoms with Crippen LogP contribution in [0.4, 0.5) is 4.79 Å². The first-order chi connectivity index (χ1) is 6.68. The van der Waals surface area contributed by atoms with Gasteiger partial charge in [0.2, 0.25) is 0 Å². The number of carbonyl (C=O) groups excluding carboxylic acids is 1. The predicted octanol–water partition coefficient (Wildman–Crippen LogP) is -0.707. The summed E-state index contributed by atoms with van der Waals surface area (Å²) in [5.74, 6) is -1.08. The second-order valence-electron chi connectivity index (χ2n) is 2.54. The van der Waals surface area contributed by atoms with Gasteiger partial charge >= 0.3 is 12.0 Å². The van der Waals surface area contributed by atoms with E-state index in [2.05, 4.69) is 20.8 Å². The van der Waals surface area contributed by atoms with Gasteiger partial charge in [-0.05, 0) is 0 Å². The Bertz CT molecular complexity index is 309. The summed E-state index contributed by atoms with van der Waals surface area (Å²) in [7, 11) is 0. The summed E-state index contributed by atoms with van der Waals surface area (Å²) in [6, 6.07) is -0.520. The second-order valence-corrected chi connectivity index (χ2v) is 2.54. The maximum Gasteiger partial charge on any atom is 0.323 e. The van der Waals surface area contributed by atoms with Crippen molar-refractivity contribution in [2.75, 3.05) is 6.54 Å². The zero-order valence-electron chi connectivity index (χ0n) is 7.28. The summed E-state index contributed by atoms with van der Waals surface area (Å²) in [5, 5.41) is 19.2. The van der Waals surface area contributed by atoms with Crippen molar-refractivity contribution in [2.24, 2.45) is 0 Å². The van der Waals surface area contributed by atoms with E-state index in [1.807, 2.05) is 0 Å². The molecule has 1 heterocycles. The number of rotatable bonds is 4. The molecule has 0 spiro atoms. The summed E-state index contributed by atoms with van der Waals surface area (Å²) < 4.78 is 0. The van der Waals surface area contributed by atoms with Gasteiger partial charge in [0.25, 0.3) is 0 Å². The third kappa shape index (κ3) is 3.57. The number of hydrogen-bond donors (Lipinski definition) is 4. The molecule has 0 bridgehead atoms. The second kappa shape index (κ2) is 4.85. The average Bonchev–Trinajstić information content (AvgIpc) is 2.63. The zero-order chi connectivity index (χ0) is 10.4. The van der Waals surface area contributed by atoms with Gasteiger partial charge in [-0.3, -0.25) is 9.89 Å². The van der Waals surface area contributed by atoms with E-state index in [9.17, 15) is 9.59 Å². The van der Waals surface area contributed by atoms with Gasteiger partial charge in [-0.25, -0.2) is 4.79 Å². The first-order valence-electron chi connectivity index (χ1n) is 3.89. The third-order valence-corrected chi connectivity index (χ3v) is 1.41. The number of nitrogens with one attached hydrogen (secondary N) is 3. The molecule has 0 radical (unpaired) electrons. The highest BCUT2D eigenvalue weighted by atomic mass is 16.4. The summed E-state index contributed by atoms with van der Waals surface area (Å²) >= 11 is 0. The lowest BCUT2D eigenvalue weighted by Crippen LogP contribution is -2.37. The van der Waals surface area contributed by atoms with Crippen molar-refractivity contribution in [2.45, 2.75) is 6.54 Å². The van der Waals surface area contributed by atoms with Crippen molar-refractivity contribution in [3.05, 3.63) is 18.0 Å². The Labute approximate surface area is 79.5 Å². The van der Waals surface area contributed by atoms with E-state index in [1.54, 1.807) is 12.4 Å². The highest BCUT2D eigenvalue weighted by Gasteiger charge is 2.02. The van der Waals surface area contributed by atoms with Crippen LogP contribution in [0.5, 0.6) is 0 Å². The summed E-state index contributed by atoms with van der Waals surface area (Å²) in [6.07, 6.45) is 3.20. The molecule has 0 saturated heterocycles. The molecule has 0 atom stereocenters. The van der Waals surface area contributed by atoms with Crippen LogP contribution in [-0.2, 0) is 11.3 Å². The van der Waals surface area contributed by atoms with E-state index in [1.165, 1.54) is 0 Å². The van der Waals surface area contributed by atoms with E-state index >= 15 is 0 Å². The SMILES string of the molecule is O=C(O)CNC(=O)NCc1cn[nH]c1. The van der Waals surface area contributed by atoms with Crippen LogP contribution in [0.1, 0.15) is 5.56 Å². The minimum Gasteiger partial charge on any atom is -0.480 e.